The molecule has 0 aliphatic heterocycles. The molecule has 0 bridgehead atoms. The van der Waals surface area contributed by atoms with Crippen molar-refractivity contribution in [3.8, 4) is 11.1 Å². The third-order valence-electron chi connectivity index (χ3n) is 4.18. The van der Waals surface area contributed by atoms with Gasteiger partial charge in [0.2, 0.25) is 5.95 Å². The first-order valence-electron chi connectivity index (χ1n) is 8.10. The molecule has 0 spiro atoms. The van der Waals surface area contributed by atoms with E-state index in [9.17, 15) is 17.6 Å². The molecular weight excluding hydrogens is 364 g/mol. The van der Waals surface area contributed by atoms with Crippen molar-refractivity contribution in [1.82, 2.24) is 24.3 Å². The lowest BCUT2D eigenvalue weighted by atomic mass is 10.1. The van der Waals surface area contributed by atoms with E-state index in [1.165, 1.54) is 12.3 Å². The average Bonchev–Trinajstić information content (AvgIpc) is 3.18. The van der Waals surface area contributed by atoms with Crippen LogP contribution in [0.3, 0.4) is 0 Å². The number of rotatable bonds is 4. The topological polar surface area (TPSA) is 70.9 Å². The highest BCUT2D eigenvalue weighted by molar-refractivity contribution is 5.93. The highest BCUT2D eigenvalue weighted by Gasteiger charge is 2.26. The summed E-state index contributed by atoms with van der Waals surface area (Å²) >= 11 is 0. The maximum Gasteiger partial charge on any atom is 0.390 e. The molecule has 0 unspecified atom stereocenters. The zero-order valence-corrected chi connectivity index (χ0v) is 14.1. The SMILES string of the molecule is Cc1cnc2c(F)cc(-c3c[nH]c4nc(NCCC(F)(F)F)ncc34)cn12. The van der Waals surface area contributed by atoms with E-state index in [-0.39, 0.29) is 18.1 Å². The Balaban J connectivity index is 1.67. The molecule has 4 aromatic heterocycles. The van der Waals surface area contributed by atoms with E-state index in [2.05, 4.69) is 25.3 Å². The number of halogens is 4. The van der Waals surface area contributed by atoms with Crippen LogP contribution < -0.4 is 5.32 Å². The van der Waals surface area contributed by atoms with Gasteiger partial charge in [-0.05, 0) is 13.0 Å². The number of hydrogen-bond acceptors (Lipinski definition) is 4. The molecule has 0 radical (unpaired) electrons. The number of hydrogen-bond donors (Lipinski definition) is 2. The van der Waals surface area contributed by atoms with Gasteiger partial charge in [0, 0.05) is 53.5 Å². The molecule has 0 aromatic carbocycles. The summed E-state index contributed by atoms with van der Waals surface area (Å²) < 4.78 is 52.7. The van der Waals surface area contributed by atoms with Gasteiger partial charge in [0.05, 0.1) is 6.42 Å². The molecule has 0 atom stereocenters. The summed E-state index contributed by atoms with van der Waals surface area (Å²) in [6.45, 7) is 1.50. The Labute approximate surface area is 150 Å². The number of anilines is 1. The fourth-order valence-corrected chi connectivity index (χ4v) is 2.86. The minimum atomic E-state index is -4.25. The van der Waals surface area contributed by atoms with E-state index < -0.39 is 18.4 Å². The zero-order chi connectivity index (χ0) is 19.2. The minimum Gasteiger partial charge on any atom is -0.354 e. The molecule has 4 heterocycles. The number of pyridine rings is 1. The van der Waals surface area contributed by atoms with Crippen molar-refractivity contribution in [1.29, 1.82) is 0 Å². The van der Waals surface area contributed by atoms with Gasteiger partial charge in [-0.15, -0.1) is 0 Å². The monoisotopic (exact) mass is 378 g/mol. The Kier molecular flexibility index (Phi) is 3.97. The number of aromatic amines is 1. The Bertz CT molecular complexity index is 1130. The molecule has 4 aromatic rings. The highest BCUT2D eigenvalue weighted by Crippen LogP contribution is 2.29. The first-order valence-corrected chi connectivity index (χ1v) is 8.10. The van der Waals surface area contributed by atoms with Gasteiger partial charge in [0.15, 0.2) is 11.5 Å². The molecule has 0 saturated carbocycles. The van der Waals surface area contributed by atoms with Gasteiger partial charge in [-0.25, -0.2) is 14.4 Å². The fourth-order valence-electron chi connectivity index (χ4n) is 2.86. The van der Waals surface area contributed by atoms with Crippen LogP contribution in [0.25, 0.3) is 27.8 Å². The van der Waals surface area contributed by atoms with Gasteiger partial charge in [-0.1, -0.05) is 0 Å². The Morgan fingerprint density at radius 1 is 1.22 bits per heavy atom. The number of H-pyrrole nitrogens is 1. The molecule has 0 aliphatic rings. The number of aryl methyl sites for hydroxylation is 1. The van der Waals surface area contributed by atoms with E-state index >= 15 is 0 Å². The normalized spacial score (nSPS) is 12.2. The van der Waals surface area contributed by atoms with Crippen LogP contribution in [0.15, 0.2) is 30.9 Å². The van der Waals surface area contributed by atoms with Crippen molar-refractivity contribution < 1.29 is 17.6 Å². The average molecular weight is 378 g/mol. The second-order valence-electron chi connectivity index (χ2n) is 6.12. The molecule has 27 heavy (non-hydrogen) atoms. The molecule has 0 aliphatic carbocycles. The maximum atomic E-state index is 14.3. The Morgan fingerprint density at radius 3 is 2.81 bits per heavy atom. The number of imidazole rings is 1. The summed E-state index contributed by atoms with van der Waals surface area (Å²) in [4.78, 5) is 15.2. The summed E-state index contributed by atoms with van der Waals surface area (Å²) in [6, 6.07) is 1.37. The summed E-state index contributed by atoms with van der Waals surface area (Å²) in [5, 5.41) is 3.18. The van der Waals surface area contributed by atoms with Crippen LogP contribution in [-0.2, 0) is 0 Å². The second kappa shape index (κ2) is 6.22. The van der Waals surface area contributed by atoms with Crippen molar-refractivity contribution in [2.75, 3.05) is 11.9 Å². The van der Waals surface area contributed by atoms with Crippen molar-refractivity contribution in [2.45, 2.75) is 19.5 Å². The van der Waals surface area contributed by atoms with Crippen molar-refractivity contribution >= 4 is 22.6 Å². The molecule has 4 rings (SSSR count). The standard InChI is InChI=1S/C17H14F4N6/c1-9-5-24-15-13(18)4-10(8-27(9)15)11-6-23-14-12(11)7-25-16(26-14)22-3-2-17(19,20)21/h4-8H,2-3H2,1H3,(H2,22,23,25,26). The number of aromatic nitrogens is 5. The quantitative estimate of drug-likeness (QED) is 0.525. The number of nitrogens with zero attached hydrogens (tertiary/aromatic N) is 4. The van der Waals surface area contributed by atoms with Gasteiger partial charge in [0.25, 0.3) is 0 Å². The van der Waals surface area contributed by atoms with Gasteiger partial charge in [-0.3, -0.25) is 0 Å². The molecular formula is C17H14F4N6. The van der Waals surface area contributed by atoms with E-state index in [4.69, 9.17) is 0 Å². The summed E-state index contributed by atoms with van der Waals surface area (Å²) in [5.74, 6) is -0.367. The predicted octanol–water partition coefficient (Wildman–Crippen LogP) is 4.08. The molecule has 6 nitrogen and oxygen atoms in total. The lowest BCUT2D eigenvalue weighted by Gasteiger charge is -2.07. The van der Waals surface area contributed by atoms with E-state index in [1.54, 1.807) is 23.0 Å². The first kappa shape index (κ1) is 17.3. The lowest BCUT2D eigenvalue weighted by molar-refractivity contribution is -0.131. The number of nitrogens with one attached hydrogen (secondary N) is 2. The van der Waals surface area contributed by atoms with Gasteiger partial charge in [-0.2, -0.15) is 18.2 Å². The number of fused-ring (bicyclic) bond motifs is 2. The summed E-state index contributed by atoms with van der Waals surface area (Å²) in [5.41, 5.74) is 2.76. The Hall–Kier alpha value is -3.17. The maximum absolute atomic E-state index is 14.3. The molecule has 0 amide bonds. The van der Waals surface area contributed by atoms with Crippen LogP contribution in [0.4, 0.5) is 23.5 Å². The van der Waals surface area contributed by atoms with Crippen LogP contribution >= 0.6 is 0 Å². The van der Waals surface area contributed by atoms with Crippen LogP contribution in [-0.4, -0.2) is 37.1 Å². The predicted molar refractivity (Wildman–Crippen MR) is 91.9 cm³/mol. The van der Waals surface area contributed by atoms with Crippen LogP contribution in [0.2, 0.25) is 0 Å². The molecule has 10 heteroatoms. The highest BCUT2D eigenvalue weighted by atomic mass is 19.4. The zero-order valence-electron chi connectivity index (χ0n) is 14.1. The van der Waals surface area contributed by atoms with Crippen molar-refractivity contribution in [3.63, 3.8) is 0 Å². The lowest BCUT2D eigenvalue weighted by Crippen LogP contribution is -2.15. The van der Waals surface area contributed by atoms with Gasteiger partial charge >= 0.3 is 6.18 Å². The van der Waals surface area contributed by atoms with E-state index in [0.29, 0.717) is 22.2 Å². The van der Waals surface area contributed by atoms with Crippen LogP contribution in [0, 0.1) is 12.7 Å². The van der Waals surface area contributed by atoms with E-state index in [0.717, 1.165) is 5.69 Å². The molecule has 0 saturated heterocycles. The van der Waals surface area contributed by atoms with Crippen LogP contribution in [0.1, 0.15) is 12.1 Å². The third-order valence-corrected chi connectivity index (χ3v) is 4.18. The Morgan fingerprint density at radius 2 is 2.04 bits per heavy atom. The van der Waals surface area contributed by atoms with E-state index in [1.807, 2.05) is 6.92 Å². The summed E-state index contributed by atoms with van der Waals surface area (Å²) in [6.07, 6.45) is 1.27. The van der Waals surface area contributed by atoms with Crippen molar-refractivity contribution in [2.24, 2.45) is 0 Å². The molecule has 140 valence electrons. The third kappa shape index (κ3) is 3.29. The minimum absolute atomic E-state index is 0.0900. The smallest absolute Gasteiger partial charge is 0.354 e. The van der Waals surface area contributed by atoms with Gasteiger partial charge in [0.1, 0.15) is 5.65 Å². The van der Waals surface area contributed by atoms with Crippen LogP contribution in [0.5, 0.6) is 0 Å². The molecule has 2 N–H and O–H groups in total. The second-order valence-corrected chi connectivity index (χ2v) is 6.12. The number of alkyl halides is 3. The summed E-state index contributed by atoms with van der Waals surface area (Å²) in [7, 11) is 0. The largest absolute Gasteiger partial charge is 0.390 e. The van der Waals surface area contributed by atoms with Crippen molar-refractivity contribution in [3.05, 3.63) is 42.4 Å². The van der Waals surface area contributed by atoms with Gasteiger partial charge < -0.3 is 14.7 Å². The molecule has 0 fully saturated rings. The fraction of sp³-hybridized carbons (Fsp3) is 0.235. The first-order chi connectivity index (χ1) is 12.8.